The van der Waals surface area contributed by atoms with Crippen molar-refractivity contribution in [3.63, 3.8) is 0 Å². The van der Waals surface area contributed by atoms with Crippen LogP contribution in [0.4, 0.5) is 5.13 Å². The molecule has 4 N–H and O–H groups in total. The number of rotatable bonds is 6. The fourth-order valence-electron chi connectivity index (χ4n) is 1.67. The van der Waals surface area contributed by atoms with Crippen molar-refractivity contribution >= 4 is 28.6 Å². The average Bonchev–Trinajstić information content (AvgIpc) is 2.88. The number of nitrogens with zero attached hydrogens (tertiary/aromatic N) is 2. The molecule has 0 radical (unpaired) electrons. The summed E-state index contributed by atoms with van der Waals surface area (Å²) >= 11 is 1.29. The van der Waals surface area contributed by atoms with E-state index in [9.17, 15) is 9.90 Å². The second-order valence-electron chi connectivity index (χ2n) is 4.31. The standard InChI is InChI=1S/C14H16N4O3S/c1-2-21-12-5-9(3-4-11(12)19)7-16-18-13(20)6-10-8-22-14(15)17-10/h3-5,7-8,19H,2,6H2,1H3,(H2,15,17)(H,18,20)/b16-7+. The lowest BCUT2D eigenvalue weighted by Crippen LogP contribution is -2.19. The van der Waals surface area contributed by atoms with Crippen molar-refractivity contribution in [1.29, 1.82) is 0 Å². The fraction of sp³-hybridized carbons (Fsp3) is 0.214. The molecule has 0 aliphatic carbocycles. The van der Waals surface area contributed by atoms with Gasteiger partial charge in [-0.15, -0.1) is 11.3 Å². The number of hydrogen-bond acceptors (Lipinski definition) is 7. The maximum Gasteiger partial charge on any atom is 0.246 e. The van der Waals surface area contributed by atoms with Crippen molar-refractivity contribution in [2.75, 3.05) is 12.3 Å². The maximum absolute atomic E-state index is 11.7. The van der Waals surface area contributed by atoms with Crippen LogP contribution < -0.4 is 15.9 Å². The molecule has 0 unspecified atom stereocenters. The number of phenolic OH excluding ortho intramolecular Hbond substituents is 1. The molecule has 0 aliphatic rings. The molecule has 1 aromatic carbocycles. The molecule has 7 nitrogen and oxygen atoms in total. The van der Waals surface area contributed by atoms with E-state index < -0.39 is 0 Å². The Labute approximate surface area is 131 Å². The van der Waals surface area contributed by atoms with Crippen LogP contribution in [0.5, 0.6) is 11.5 Å². The number of ether oxygens (including phenoxy) is 1. The number of nitrogens with one attached hydrogen (secondary N) is 1. The molecular weight excluding hydrogens is 304 g/mol. The van der Waals surface area contributed by atoms with Gasteiger partial charge in [0.05, 0.1) is 24.9 Å². The number of aromatic nitrogens is 1. The molecule has 1 aromatic heterocycles. The third-order valence-electron chi connectivity index (χ3n) is 2.60. The van der Waals surface area contributed by atoms with Gasteiger partial charge in [0.15, 0.2) is 16.6 Å². The van der Waals surface area contributed by atoms with Crippen molar-refractivity contribution < 1.29 is 14.6 Å². The Kier molecular flexibility index (Phi) is 5.31. The number of carbonyl (C=O) groups excluding carboxylic acids is 1. The van der Waals surface area contributed by atoms with Crippen molar-refractivity contribution in [1.82, 2.24) is 10.4 Å². The lowest BCUT2D eigenvalue weighted by molar-refractivity contribution is -0.120. The van der Waals surface area contributed by atoms with Gasteiger partial charge in [0.25, 0.3) is 0 Å². The molecule has 0 saturated carbocycles. The number of hydrazone groups is 1. The monoisotopic (exact) mass is 320 g/mol. The van der Waals surface area contributed by atoms with Crippen LogP contribution in [0.3, 0.4) is 0 Å². The highest BCUT2D eigenvalue weighted by Gasteiger charge is 2.06. The van der Waals surface area contributed by atoms with Gasteiger partial charge in [-0.25, -0.2) is 10.4 Å². The van der Waals surface area contributed by atoms with Crippen LogP contribution in [0.2, 0.25) is 0 Å². The van der Waals surface area contributed by atoms with Gasteiger partial charge in [-0.1, -0.05) is 0 Å². The molecule has 0 atom stereocenters. The van der Waals surface area contributed by atoms with Crippen molar-refractivity contribution in [2.24, 2.45) is 5.10 Å². The van der Waals surface area contributed by atoms with Gasteiger partial charge in [0, 0.05) is 5.38 Å². The Balaban J connectivity index is 1.91. The molecular formula is C14H16N4O3S. The van der Waals surface area contributed by atoms with Crippen molar-refractivity contribution in [3.8, 4) is 11.5 Å². The molecule has 8 heteroatoms. The van der Waals surface area contributed by atoms with E-state index in [0.717, 1.165) is 0 Å². The van der Waals surface area contributed by atoms with Crippen molar-refractivity contribution in [2.45, 2.75) is 13.3 Å². The average molecular weight is 320 g/mol. The van der Waals surface area contributed by atoms with Gasteiger partial charge in [-0.3, -0.25) is 4.79 Å². The summed E-state index contributed by atoms with van der Waals surface area (Å²) in [6, 6.07) is 4.80. The summed E-state index contributed by atoms with van der Waals surface area (Å²) in [6.45, 7) is 2.27. The minimum absolute atomic E-state index is 0.0594. The van der Waals surface area contributed by atoms with Gasteiger partial charge in [-0.05, 0) is 30.7 Å². The van der Waals surface area contributed by atoms with Crippen LogP contribution in [0.1, 0.15) is 18.2 Å². The first-order valence-corrected chi connectivity index (χ1v) is 7.44. The van der Waals surface area contributed by atoms with Crippen LogP contribution in [-0.2, 0) is 11.2 Å². The zero-order valence-corrected chi connectivity index (χ0v) is 12.8. The number of hydrogen-bond donors (Lipinski definition) is 3. The Morgan fingerprint density at radius 3 is 3.09 bits per heavy atom. The van der Waals surface area contributed by atoms with Crippen LogP contribution in [0.15, 0.2) is 28.7 Å². The van der Waals surface area contributed by atoms with E-state index in [1.54, 1.807) is 17.5 Å². The lowest BCUT2D eigenvalue weighted by Gasteiger charge is -2.05. The summed E-state index contributed by atoms with van der Waals surface area (Å²) < 4.78 is 5.27. The van der Waals surface area contributed by atoms with Crippen LogP contribution in [0, 0.1) is 0 Å². The second kappa shape index (κ2) is 7.41. The number of aromatic hydroxyl groups is 1. The predicted octanol–water partition coefficient (Wildman–Crippen LogP) is 1.52. The number of carbonyl (C=O) groups is 1. The first-order valence-electron chi connectivity index (χ1n) is 6.56. The molecule has 0 aliphatic heterocycles. The molecule has 116 valence electrons. The van der Waals surface area contributed by atoms with Gasteiger partial charge in [-0.2, -0.15) is 5.10 Å². The van der Waals surface area contributed by atoms with Crippen LogP contribution in [-0.4, -0.2) is 28.8 Å². The maximum atomic E-state index is 11.7. The summed E-state index contributed by atoms with van der Waals surface area (Å²) in [6.07, 6.45) is 1.58. The number of thiazole rings is 1. The zero-order chi connectivity index (χ0) is 15.9. The smallest absolute Gasteiger partial charge is 0.246 e. The van der Waals surface area contributed by atoms with E-state index in [0.29, 0.717) is 28.7 Å². The summed E-state index contributed by atoms with van der Waals surface area (Å²) in [5.41, 5.74) is 9.20. The normalized spacial score (nSPS) is 10.8. The molecule has 0 spiro atoms. The number of benzene rings is 1. The molecule has 0 bridgehead atoms. The van der Waals surface area contributed by atoms with Gasteiger partial charge >= 0.3 is 0 Å². The van der Waals surface area contributed by atoms with Gasteiger partial charge < -0.3 is 15.6 Å². The predicted molar refractivity (Wildman–Crippen MR) is 85.2 cm³/mol. The number of amides is 1. The third kappa shape index (κ3) is 4.45. The number of anilines is 1. The van der Waals surface area contributed by atoms with Crippen LogP contribution in [0.25, 0.3) is 0 Å². The Bertz CT molecular complexity index is 684. The van der Waals surface area contributed by atoms with E-state index in [-0.39, 0.29) is 18.1 Å². The molecule has 0 fully saturated rings. The molecule has 22 heavy (non-hydrogen) atoms. The molecule has 2 rings (SSSR count). The number of phenols is 1. The summed E-state index contributed by atoms with van der Waals surface area (Å²) in [5, 5.41) is 15.6. The first-order chi connectivity index (χ1) is 10.6. The highest BCUT2D eigenvalue weighted by Crippen LogP contribution is 2.26. The number of nitrogens with two attached hydrogens (primary N) is 1. The van der Waals surface area contributed by atoms with Gasteiger partial charge in [0.1, 0.15) is 0 Å². The van der Waals surface area contributed by atoms with E-state index >= 15 is 0 Å². The minimum atomic E-state index is -0.287. The largest absolute Gasteiger partial charge is 0.504 e. The zero-order valence-electron chi connectivity index (χ0n) is 11.9. The van der Waals surface area contributed by atoms with E-state index in [2.05, 4.69) is 15.5 Å². The first kappa shape index (κ1) is 15.8. The highest BCUT2D eigenvalue weighted by molar-refractivity contribution is 7.13. The molecule has 2 aromatic rings. The molecule has 1 heterocycles. The van der Waals surface area contributed by atoms with E-state index in [1.165, 1.54) is 23.6 Å². The highest BCUT2D eigenvalue weighted by atomic mass is 32.1. The lowest BCUT2D eigenvalue weighted by atomic mass is 10.2. The van der Waals surface area contributed by atoms with E-state index in [1.807, 2.05) is 6.92 Å². The quantitative estimate of drug-likeness (QED) is 0.552. The summed E-state index contributed by atoms with van der Waals surface area (Å²) in [4.78, 5) is 15.7. The number of nitrogen functional groups attached to an aromatic ring is 1. The minimum Gasteiger partial charge on any atom is -0.504 e. The summed E-state index contributed by atoms with van der Waals surface area (Å²) in [5.74, 6) is 0.144. The Morgan fingerprint density at radius 1 is 1.59 bits per heavy atom. The fourth-order valence-corrected chi connectivity index (χ4v) is 2.23. The Hall–Kier alpha value is -2.61. The third-order valence-corrected chi connectivity index (χ3v) is 3.32. The van der Waals surface area contributed by atoms with Crippen LogP contribution >= 0.6 is 11.3 Å². The molecule has 0 saturated heterocycles. The molecule has 1 amide bonds. The second-order valence-corrected chi connectivity index (χ2v) is 5.20. The Morgan fingerprint density at radius 2 is 2.41 bits per heavy atom. The van der Waals surface area contributed by atoms with E-state index in [4.69, 9.17) is 10.5 Å². The summed E-state index contributed by atoms with van der Waals surface area (Å²) in [7, 11) is 0. The van der Waals surface area contributed by atoms with Gasteiger partial charge in [0.2, 0.25) is 5.91 Å². The topological polar surface area (TPSA) is 110 Å². The van der Waals surface area contributed by atoms with Crippen molar-refractivity contribution in [3.05, 3.63) is 34.8 Å². The SMILES string of the molecule is CCOc1cc(/C=N/NC(=O)Cc2csc(N)n2)ccc1O.